The van der Waals surface area contributed by atoms with Gasteiger partial charge in [0.25, 0.3) is 0 Å². The first-order chi connectivity index (χ1) is 6.83. The molecule has 3 heteroatoms. The average Bonchev–Trinajstić information content (AvgIpc) is 2.66. The van der Waals surface area contributed by atoms with E-state index in [-0.39, 0.29) is 21.5 Å². The second-order valence-corrected chi connectivity index (χ2v) is 6.08. The first-order valence-electron chi connectivity index (χ1n) is 4.83. The van der Waals surface area contributed by atoms with Gasteiger partial charge in [-0.25, -0.2) is 0 Å². The Bertz CT molecular complexity index is 316. The molecule has 0 saturated carbocycles. The Morgan fingerprint density at radius 1 is 1.43 bits per heavy atom. The van der Waals surface area contributed by atoms with Crippen molar-refractivity contribution in [2.45, 2.75) is 18.9 Å². The van der Waals surface area contributed by atoms with E-state index in [1.165, 1.54) is 24.9 Å². The molecule has 78 valence electrons. The molecule has 1 aromatic carbocycles. The first kappa shape index (κ1) is 10.7. The number of halogens is 2. The van der Waals surface area contributed by atoms with E-state index in [4.69, 9.17) is 11.6 Å². The van der Waals surface area contributed by atoms with E-state index in [0.717, 1.165) is 5.02 Å². The fourth-order valence-corrected chi connectivity index (χ4v) is 4.32. The molecular weight excluding hydrogens is 308 g/mol. The molecule has 1 fully saturated rings. The van der Waals surface area contributed by atoms with E-state index in [1.54, 1.807) is 0 Å². The standard InChI is InChI=1S/C11H14ClIN/c1-13-14-8-4-7-11(14)9-5-2-3-6-10(9)12/h2-3,5-6,11H,4,7-8H2,1H3/q-1. The fourth-order valence-electron chi connectivity index (χ4n) is 1.99. The van der Waals surface area contributed by atoms with Gasteiger partial charge in [0.2, 0.25) is 0 Å². The van der Waals surface area contributed by atoms with Gasteiger partial charge in [-0.3, -0.25) is 0 Å². The van der Waals surface area contributed by atoms with Gasteiger partial charge in [0, 0.05) is 0 Å². The average molecular weight is 323 g/mol. The minimum atomic E-state index is 0.200. The van der Waals surface area contributed by atoms with Crippen LogP contribution < -0.4 is 21.5 Å². The predicted octanol–water partition coefficient (Wildman–Crippen LogP) is 0.111. The van der Waals surface area contributed by atoms with Crippen LogP contribution in [-0.4, -0.2) is 14.6 Å². The third-order valence-corrected chi connectivity index (χ3v) is 5.41. The molecule has 0 spiro atoms. The monoisotopic (exact) mass is 322 g/mol. The van der Waals surface area contributed by atoms with Crippen LogP contribution in [0.15, 0.2) is 24.3 Å². The van der Waals surface area contributed by atoms with Crippen LogP contribution in [0.3, 0.4) is 0 Å². The second kappa shape index (κ2) is 4.81. The Balaban J connectivity index is 2.26. The van der Waals surface area contributed by atoms with Crippen LogP contribution in [0.5, 0.6) is 0 Å². The summed E-state index contributed by atoms with van der Waals surface area (Å²) in [5.41, 5.74) is 1.33. The van der Waals surface area contributed by atoms with E-state index >= 15 is 0 Å². The molecule has 0 bridgehead atoms. The van der Waals surface area contributed by atoms with Gasteiger partial charge in [0.15, 0.2) is 0 Å². The summed E-state index contributed by atoms with van der Waals surface area (Å²) in [6, 6.07) is 8.87. The first-order valence-corrected chi connectivity index (χ1v) is 8.34. The van der Waals surface area contributed by atoms with Gasteiger partial charge in [-0.2, -0.15) is 0 Å². The summed E-state index contributed by atoms with van der Waals surface area (Å²) in [5.74, 6) is 0. The predicted molar refractivity (Wildman–Crippen MR) is 56.1 cm³/mol. The van der Waals surface area contributed by atoms with Crippen LogP contribution in [0, 0.1) is 0 Å². The van der Waals surface area contributed by atoms with Crippen molar-refractivity contribution >= 4 is 11.6 Å². The van der Waals surface area contributed by atoms with Crippen molar-refractivity contribution in [1.82, 2.24) is 3.11 Å². The molecule has 1 atom stereocenters. The summed E-state index contributed by atoms with van der Waals surface area (Å²) < 4.78 is 2.61. The van der Waals surface area contributed by atoms with Crippen molar-refractivity contribution in [1.29, 1.82) is 0 Å². The van der Waals surface area contributed by atoms with Gasteiger partial charge < -0.3 is 0 Å². The van der Waals surface area contributed by atoms with Crippen LogP contribution >= 0.6 is 11.6 Å². The zero-order valence-electron chi connectivity index (χ0n) is 8.21. The summed E-state index contributed by atoms with van der Waals surface area (Å²) in [5, 5.41) is 0.932. The zero-order chi connectivity index (χ0) is 9.97. The Hall–Kier alpha value is 0.200. The number of alkyl halides is 1. The summed E-state index contributed by atoms with van der Waals surface area (Å²) >= 11 is 6.41. The van der Waals surface area contributed by atoms with Gasteiger partial charge >= 0.3 is 101 Å². The number of rotatable bonds is 2. The Morgan fingerprint density at radius 2 is 2.21 bits per heavy atom. The molecule has 1 nitrogen and oxygen atoms in total. The van der Waals surface area contributed by atoms with Crippen molar-refractivity contribution < 1.29 is 21.5 Å². The van der Waals surface area contributed by atoms with Gasteiger partial charge in [-0.05, 0) is 0 Å². The van der Waals surface area contributed by atoms with E-state index in [2.05, 4.69) is 20.2 Å². The number of nitrogens with zero attached hydrogens (tertiary/aromatic N) is 1. The molecule has 14 heavy (non-hydrogen) atoms. The molecule has 1 aromatic rings. The molecule has 1 saturated heterocycles. The second-order valence-electron chi connectivity index (χ2n) is 3.47. The van der Waals surface area contributed by atoms with Crippen LogP contribution in [0.4, 0.5) is 0 Å². The Kier molecular flexibility index (Phi) is 3.68. The molecule has 0 radical (unpaired) electrons. The zero-order valence-corrected chi connectivity index (χ0v) is 11.1. The maximum absolute atomic E-state index is 6.21. The maximum atomic E-state index is 6.21. The van der Waals surface area contributed by atoms with Gasteiger partial charge in [-0.15, -0.1) is 0 Å². The van der Waals surface area contributed by atoms with E-state index in [0.29, 0.717) is 6.04 Å². The van der Waals surface area contributed by atoms with Crippen molar-refractivity contribution in [3.05, 3.63) is 34.9 Å². The normalized spacial score (nSPS) is 23.1. The Labute approximate surface area is 101 Å². The summed E-state index contributed by atoms with van der Waals surface area (Å²) in [6.45, 7) is 1.26. The third-order valence-electron chi connectivity index (χ3n) is 2.67. The topological polar surface area (TPSA) is 3.24 Å². The summed E-state index contributed by atoms with van der Waals surface area (Å²) in [6.07, 6.45) is 2.60. The molecule has 1 aliphatic heterocycles. The van der Waals surface area contributed by atoms with Crippen molar-refractivity contribution in [3.8, 4) is 0 Å². The van der Waals surface area contributed by atoms with Crippen molar-refractivity contribution in [2.75, 3.05) is 11.5 Å². The Morgan fingerprint density at radius 3 is 2.93 bits per heavy atom. The summed E-state index contributed by atoms with van der Waals surface area (Å²) in [4.78, 5) is 2.33. The molecular formula is C11H14ClIN-. The number of hydrogen-bond acceptors (Lipinski definition) is 1. The fraction of sp³-hybridized carbons (Fsp3) is 0.455. The van der Waals surface area contributed by atoms with Crippen LogP contribution in [0.1, 0.15) is 24.4 Å². The third kappa shape index (κ3) is 2.07. The molecule has 0 aromatic heterocycles. The molecule has 1 aliphatic rings. The SMILES string of the molecule is C[I-]N1CCCC1c1ccccc1Cl. The number of benzene rings is 1. The van der Waals surface area contributed by atoms with Crippen molar-refractivity contribution in [2.24, 2.45) is 0 Å². The quantitative estimate of drug-likeness (QED) is 0.424. The van der Waals surface area contributed by atoms with E-state index in [1.807, 2.05) is 12.1 Å². The van der Waals surface area contributed by atoms with E-state index < -0.39 is 0 Å². The van der Waals surface area contributed by atoms with Crippen LogP contribution in [-0.2, 0) is 0 Å². The van der Waals surface area contributed by atoms with E-state index in [9.17, 15) is 0 Å². The van der Waals surface area contributed by atoms with Crippen LogP contribution in [0.25, 0.3) is 0 Å². The molecule has 1 heterocycles. The van der Waals surface area contributed by atoms with Gasteiger partial charge in [0.05, 0.1) is 0 Å². The minimum absolute atomic E-state index is 0.200. The molecule has 0 N–H and O–H groups in total. The molecule has 0 amide bonds. The number of hydrogen-bond donors (Lipinski definition) is 0. The van der Waals surface area contributed by atoms with Gasteiger partial charge in [-0.1, -0.05) is 0 Å². The van der Waals surface area contributed by atoms with Crippen molar-refractivity contribution in [3.63, 3.8) is 0 Å². The summed E-state index contributed by atoms with van der Waals surface area (Å²) in [7, 11) is 0. The molecule has 0 aliphatic carbocycles. The molecule has 2 rings (SSSR count). The molecule has 1 unspecified atom stereocenters. The van der Waals surface area contributed by atoms with Crippen LogP contribution in [0.2, 0.25) is 5.02 Å². The van der Waals surface area contributed by atoms with Gasteiger partial charge in [0.1, 0.15) is 0 Å².